The van der Waals surface area contributed by atoms with Gasteiger partial charge < -0.3 is 10.1 Å². The summed E-state index contributed by atoms with van der Waals surface area (Å²) in [5.74, 6) is -1.23. The molecule has 1 fully saturated rings. The van der Waals surface area contributed by atoms with E-state index in [1.807, 2.05) is 0 Å². The van der Waals surface area contributed by atoms with Gasteiger partial charge in [0.25, 0.3) is 5.91 Å². The van der Waals surface area contributed by atoms with Crippen LogP contribution in [0.3, 0.4) is 0 Å². The second-order valence-electron chi connectivity index (χ2n) is 6.06. The molecule has 26 heavy (non-hydrogen) atoms. The van der Waals surface area contributed by atoms with Gasteiger partial charge in [-0.15, -0.1) is 0 Å². The lowest BCUT2D eigenvalue weighted by molar-refractivity contribution is -0.129. The van der Waals surface area contributed by atoms with Gasteiger partial charge in [0.1, 0.15) is 0 Å². The Morgan fingerprint density at radius 3 is 2.46 bits per heavy atom. The van der Waals surface area contributed by atoms with Crippen molar-refractivity contribution in [2.45, 2.75) is 50.7 Å². The minimum Gasteiger partial charge on any atom is -0.449 e. The predicted molar refractivity (Wildman–Crippen MR) is 97.6 cm³/mol. The molecule has 0 heterocycles. The average molecular weight is 403 g/mol. The summed E-state index contributed by atoms with van der Waals surface area (Å²) in [6, 6.07) is 4.01. The molecule has 1 atom stereocenters. The number of benzene rings is 1. The first-order valence-electron chi connectivity index (χ1n) is 8.51. The van der Waals surface area contributed by atoms with E-state index in [1.54, 1.807) is 13.8 Å². The van der Waals surface area contributed by atoms with Gasteiger partial charge in [-0.2, -0.15) is 4.31 Å². The quantitative estimate of drug-likeness (QED) is 0.673. The Hall–Kier alpha value is -1.64. The van der Waals surface area contributed by atoms with Crippen LogP contribution in [-0.4, -0.2) is 49.8 Å². The molecule has 1 N–H and O–H groups in total. The van der Waals surface area contributed by atoms with Gasteiger partial charge in [0.05, 0.1) is 15.5 Å². The summed E-state index contributed by atoms with van der Waals surface area (Å²) in [5, 5.41) is 2.80. The molecule has 144 valence electrons. The van der Waals surface area contributed by atoms with E-state index < -0.39 is 22.1 Å². The van der Waals surface area contributed by atoms with Crippen molar-refractivity contribution in [2.75, 3.05) is 13.1 Å². The van der Waals surface area contributed by atoms with Gasteiger partial charge in [-0.05, 0) is 38.0 Å². The summed E-state index contributed by atoms with van der Waals surface area (Å²) >= 11 is 6.04. The molecule has 1 saturated carbocycles. The standard InChI is InChI=1S/C17H23ClN2O5S/c1-4-20(5-2)26(23,24)13-8-9-15(18)14(10-13)17(22)25-11(3)16(21)19-12-6-7-12/h8-12H,4-7H2,1-3H3,(H,19,21). The number of hydrogen-bond acceptors (Lipinski definition) is 5. The first kappa shape index (κ1) is 20.7. The molecule has 1 aromatic rings. The van der Waals surface area contributed by atoms with Crippen LogP contribution in [0, 0.1) is 0 Å². The Balaban J connectivity index is 2.20. The lowest BCUT2D eigenvalue weighted by Crippen LogP contribution is -2.37. The fourth-order valence-electron chi connectivity index (χ4n) is 2.36. The van der Waals surface area contributed by atoms with Crippen LogP contribution in [-0.2, 0) is 19.6 Å². The summed E-state index contributed by atoms with van der Waals surface area (Å²) in [4.78, 5) is 24.2. The molecule has 0 saturated heterocycles. The molecule has 1 aliphatic rings. The van der Waals surface area contributed by atoms with E-state index >= 15 is 0 Å². The zero-order chi connectivity index (χ0) is 19.5. The number of halogens is 1. The molecule has 1 unspecified atom stereocenters. The third-order valence-electron chi connectivity index (χ3n) is 4.08. The van der Waals surface area contributed by atoms with Gasteiger partial charge in [0, 0.05) is 19.1 Å². The number of ether oxygens (including phenoxy) is 1. The Morgan fingerprint density at radius 1 is 1.31 bits per heavy atom. The molecular weight excluding hydrogens is 380 g/mol. The number of rotatable bonds is 8. The molecule has 0 aromatic heterocycles. The maximum absolute atomic E-state index is 12.6. The van der Waals surface area contributed by atoms with Crippen LogP contribution in [0.15, 0.2) is 23.1 Å². The molecular formula is C17H23ClN2O5S. The van der Waals surface area contributed by atoms with E-state index in [0.29, 0.717) is 13.1 Å². The zero-order valence-corrected chi connectivity index (χ0v) is 16.6. The summed E-state index contributed by atoms with van der Waals surface area (Å²) in [5.41, 5.74) is -0.0917. The van der Waals surface area contributed by atoms with Crippen molar-refractivity contribution in [1.82, 2.24) is 9.62 Å². The number of nitrogens with zero attached hydrogens (tertiary/aromatic N) is 1. The summed E-state index contributed by atoms with van der Waals surface area (Å²) < 4.78 is 31.6. The molecule has 0 bridgehead atoms. The van der Waals surface area contributed by atoms with Crippen molar-refractivity contribution < 1.29 is 22.7 Å². The molecule has 7 nitrogen and oxygen atoms in total. The summed E-state index contributed by atoms with van der Waals surface area (Å²) in [7, 11) is -3.74. The molecule has 0 radical (unpaired) electrons. The number of hydrogen-bond donors (Lipinski definition) is 1. The van der Waals surface area contributed by atoms with Gasteiger partial charge >= 0.3 is 5.97 Å². The maximum Gasteiger partial charge on any atom is 0.340 e. The van der Waals surface area contributed by atoms with E-state index in [0.717, 1.165) is 12.8 Å². The third-order valence-corrected chi connectivity index (χ3v) is 6.45. The smallest absolute Gasteiger partial charge is 0.340 e. The molecule has 1 aromatic carbocycles. The second-order valence-corrected chi connectivity index (χ2v) is 8.41. The van der Waals surface area contributed by atoms with E-state index in [9.17, 15) is 18.0 Å². The fourth-order valence-corrected chi connectivity index (χ4v) is 4.04. The van der Waals surface area contributed by atoms with Crippen molar-refractivity contribution in [3.05, 3.63) is 28.8 Å². The van der Waals surface area contributed by atoms with Crippen molar-refractivity contribution in [1.29, 1.82) is 0 Å². The number of nitrogens with one attached hydrogen (secondary N) is 1. The van der Waals surface area contributed by atoms with Gasteiger partial charge in [-0.3, -0.25) is 4.79 Å². The van der Waals surface area contributed by atoms with Crippen molar-refractivity contribution in [3.8, 4) is 0 Å². The number of esters is 1. The average Bonchev–Trinajstić information content (AvgIpc) is 3.39. The lowest BCUT2D eigenvalue weighted by Gasteiger charge is -2.19. The third kappa shape index (κ3) is 4.75. The van der Waals surface area contributed by atoms with E-state index in [1.165, 1.54) is 29.4 Å². The first-order valence-corrected chi connectivity index (χ1v) is 10.3. The fraction of sp³-hybridized carbons (Fsp3) is 0.529. The normalized spacial score (nSPS) is 15.6. The highest BCUT2D eigenvalue weighted by atomic mass is 35.5. The van der Waals surface area contributed by atoms with Crippen LogP contribution in [0.1, 0.15) is 44.0 Å². The van der Waals surface area contributed by atoms with Gasteiger partial charge in [-0.25, -0.2) is 13.2 Å². The largest absolute Gasteiger partial charge is 0.449 e. The lowest BCUT2D eigenvalue weighted by atomic mass is 10.2. The molecule has 1 amide bonds. The van der Waals surface area contributed by atoms with Crippen LogP contribution < -0.4 is 5.32 Å². The summed E-state index contributed by atoms with van der Waals surface area (Å²) in [6.07, 6.45) is 0.842. The highest BCUT2D eigenvalue weighted by Gasteiger charge is 2.29. The van der Waals surface area contributed by atoms with Gasteiger partial charge in [-0.1, -0.05) is 25.4 Å². The van der Waals surface area contributed by atoms with Crippen LogP contribution in [0.4, 0.5) is 0 Å². The zero-order valence-electron chi connectivity index (χ0n) is 15.0. The molecule has 1 aliphatic carbocycles. The first-order chi connectivity index (χ1) is 12.2. The van der Waals surface area contributed by atoms with Crippen molar-refractivity contribution >= 4 is 33.5 Å². The topological polar surface area (TPSA) is 92.8 Å². The predicted octanol–water partition coefficient (Wildman–Crippen LogP) is 2.19. The van der Waals surface area contributed by atoms with Crippen LogP contribution in [0.2, 0.25) is 5.02 Å². The number of amides is 1. The van der Waals surface area contributed by atoms with Crippen LogP contribution >= 0.6 is 11.6 Å². The Morgan fingerprint density at radius 2 is 1.92 bits per heavy atom. The van der Waals surface area contributed by atoms with E-state index in [2.05, 4.69) is 5.32 Å². The Bertz CT molecular complexity index is 788. The van der Waals surface area contributed by atoms with E-state index in [4.69, 9.17) is 16.3 Å². The van der Waals surface area contributed by atoms with Crippen LogP contribution in [0.5, 0.6) is 0 Å². The monoisotopic (exact) mass is 402 g/mol. The Labute approximate surface area is 158 Å². The second kappa shape index (κ2) is 8.37. The molecule has 0 aliphatic heterocycles. The van der Waals surface area contributed by atoms with Crippen molar-refractivity contribution in [2.24, 2.45) is 0 Å². The minimum absolute atomic E-state index is 0.0485. The molecule has 2 rings (SSSR count). The highest BCUT2D eigenvalue weighted by Crippen LogP contribution is 2.24. The number of carbonyl (C=O) groups excluding carboxylic acids is 2. The summed E-state index contributed by atoms with van der Waals surface area (Å²) in [6.45, 7) is 5.53. The Kier molecular flexibility index (Phi) is 6.65. The maximum atomic E-state index is 12.6. The van der Waals surface area contributed by atoms with Crippen LogP contribution in [0.25, 0.3) is 0 Å². The SMILES string of the molecule is CCN(CC)S(=O)(=O)c1ccc(Cl)c(C(=O)OC(C)C(=O)NC2CC2)c1. The number of sulfonamides is 1. The van der Waals surface area contributed by atoms with Gasteiger partial charge in [0.2, 0.25) is 10.0 Å². The highest BCUT2D eigenvalue weighted by molar-refractivity contribution is 7.89. The van der Waals surface area contributed by atoms with E-state index in [-0.39, 0.29) is 27.4 Å². The van der Waals surface area contributed by atoms with Gasteiger partial charge in [0.15, 0.2) is 6.10 Å². The van der Waals surface area contributed by atoms with Crippen molar-refractivity contribution in [3.63, 3.8) is 0 Å². The molecule has 9 heteroatoms. The minimum atomic E-state index is -3.74. The number of carbonyl (C=O) groups is 2. The molecule has 0 spiro atoms.